The summed E-state index contributed by atoms with van der Waals surface area (Å²) in [7, 11) is 0. The molecule has 3 rings (SSSR count). The van der Waals surface area contributed by atoms with E-state index in [1.165, 1.54) is 12.3 Å². The number of halogens is 1. The van der Waals surface area contributed by atoms with Gasteiger partial charge in [0.15, 0.2) is 0 Å². The molecular formula is C17H17ClN4O2. The molecule has 0 saturated carbocycles. The first-order valence-electron chi connectivity index (χ1n) is 7.72. The van der Waals surface area contributed by atoms with E-state index in [4.69, 9.17) is 11.6 Å². The minimum atomic E-state index is -0.585. The van der Waals surface area contributed by atoms with Crippen molar-refractivity contribution in [1.29, 1.82) is 0 Å². The van der Waals surface area contributed by atoms with E-state index in [0.717, 1.165) is 6.42 Å². The average Bonchev–Trinajstić information content (AvgIpc) is 2.57. The number of anilines is 1. The van der Waals surface area contributed by atoms with Crippen molar-refractivity contribution in [3.05, 3.63) is 53.1 Å². The number of rotatable bonds is 3. The molecule has 1 aromatic heterocycles. The van der Waals surface area contributed by atoms with Gasteiger partial charge in [-0.2, -0.15) is 0 Å². The molecule has 1 N–H and O–H groups in total. The molecule has 6 nitrogen and oxygen atoms in total. The van der Waals surface area contributed by atoms with E-state index in [1.807, 2.05) is 12.1 Å². The number of aromatic nitrogens is 2. The summed E-state index contributed by atoms with van der Waals surface area (Å²) in [5.41, 5.74) is 0.922. The summed E-state index contributed by atoms with van der Waals surface area (Å²) in [5.74, 6) is -0.0244. The van der Waals surface area contributed by atoms with Gasteiger partial charge in [-0.05, 0) is 38.0 Å². The number of amides is 2. The normalized spacial score (nSPS) is 17.7. The molecule has 2 amide bonds. The molecule has 7 heteroatoms. The molecule has 0 aliphatic carbocycles. The standard InChI is InChI=1S/C17H17ClN4O2/c1-11-19-9-8-13(20-11)16(23)21-14-6-4-10-22(17(14)24)15-7-3-2-5-12(15)18/h2-3,5,7-9,14H,4,6,10H2,1H3,(H,21,23)/t14-/m0/s1. The maximum absolute atomic E-state index is 12.7. The Morgan fingerprint density at radius 3 is 2.88 bits per heavy atom. The van der Waals surface area contributed by atoms with Crippen LogP contribution in [0.15, 0.2) is 36.5 Å². The summed E-state index contributed by atoms with van der Waals surface area (Å²) in [6.45, 7) is 2.29. The van der Waals surface area contributed by atoms with Crippen LogP contribution in [0.2, 0.25) is 5.02 Å². The SMILES string of the molecule is Cc1nccc(C(=O)N[C@H]2CCCN(c3ccccc3Cl)C2=O)n1. The number of para-hydroxylation sites is 1. The van der Waals surface area contributed by atoms with Crippen molar-refractivity contribution in [3.8, 4) is 0 Å². The lowest BCUT2D eigenvalue weighted by molar-refractivity contribution is -0.121. The molecule has 24 heavy (non-hydrogen) atoms. The molecule has 1 aliphatic heterocycles. The number of carbonyl (C=O) groups is 2. The minimum Gasteiger partial charge on any atom is -0.339 e. The van der Waals surface area contributed by atoms with Crippen LogP contribution in [-0.2, 0) is 4.79 Å². The third kappa shape index (κ3) is 3.38. The number of benzene rings is 1. The molecule has 1 atom stereocenters. The average molecular weight is 345 g/mol. The van der Waals surface area contributed by atoms with Gasteiger partial charge in [0.05, 0.1) is 10.7 Å². The van der Waals surface area contributed by atoms with E-state index in [1.54, 1.807) is 24.0 Å². The summed E-state index contributed by atoms with van der Waals surface area (Å²) in [6.07, 6.45) is 2.90. The first-order chi connectivity index (χ1) is 11.6. The number of carbonyl (C=O) groups excluding carboxylic acids is 2. The minimum absolute atomic E-state index is 0.159. The van der Waals surface area contributed by atoms with E-state index in [0.29, 0.717) is 29.5 Å². The Morgan fingerprint density at radius 1 is 1.33 bits per heavy atom. The van der Waals surface area contributed by atoms with E-state index in [2.05, 4.69) is 15.3 Å². The van der Waals surface area contributed by atoms with Crippen LogP contribution in [0.4, 0.5) is 5.69 Å². The van der Waals surface area contributed by atoms with Gasteiger partial charge in [-0.15, -0.1) is 0 Å². The molecule has 0 unspecified atom stereocenters. The van der Waals surface area contributed by atoms with E-state index in [-0.39, 0.29) is 17.5 Å². The maximum atomic E-state index is 12.7. The highest BCUT2D eigenvalue weighted by molar-refractivity contribution is 6.33. The Balaban J connectivity index is 1.76. The lowest BCUT2D eigenvalue weighted by Crippen LogP contribution is -2.52. The second kappa shape index (κ2) is 6.97. The van der Waals surface area contributed by atoms with Crippen LogP contribution < -0.4 is 10.2 Å². The Hall–Kier alpha value is -2.47. The fourth-order valence-electron chi connectivity index (χ4n) is 2.73. The molecule has 1 aliphatic rings. The third-order valence-corrected chi connectivity index (χ3v) is 4.22. The second-order valence-corrected chi connectivity index (χ2v) is 6.01. The zero-order valence-corrected chi connectivity index (χ0v) is 14.0. The molecule has 0 bridgehead atoms. The molecule has 2 heterocycles. The number of aryl methyl sites for hydroxylation is 1. The molecule has 0 radical (unpaired) electrons. The molecule has 2 aromatic rings. The predicted octanol–water partition coefficient (Wildman–Crippen LogP) is 2.36. The quantitative estimate of drug-likeness (QED) is 0.927. The summed E-state index contributed by atoms with van der Waals surface area (Å²) in [5, 5.41) is 3.29. The Kier molecular flexibility index (Phi) is 4.76. The van der Waals surface area contributed by atoms with Gasteiger partial charge in [-0.3, -0.25) is 9.59 Å². The van der Waals surface area contributed by atoms with Gasteiger partial charge in [-0.1, -0.05) is 23.7 Å². The zero-order valence-electron chi connectivity index (χ0n) is 13.2. The summed E-state index contributed by atoms with van der Waals surface area (Å²) in [6, 6.07) is 8.14. The molecule has 124 valence electrons. The number of hydrogen-bond acceptors (Lipinski definition) is 4. The Bertz CT molecular complexity index is 781. The lowest BCUT2D eigenvalue weighted by Gasteiger charge is -2.33. The number of nitrogens with one attached hydrogen (secondary N) is 1. The van der Waals surface area contributed by atoms with E-state index < -0.39 is 6.04 Å². The van der Waals surface area contributed by atoms with Crippen LogP contribution in [0.3, 0.4) is 0 Å². The highest BCUT2D eigenvalue weighted by Gasteiger charge is 2.32. The van der Waals surface area contributed by atoms with Gasteiger partial charge in [0, 0.05) is 12.7 Å². The largest absolute Gasteiger partial charge is 0.339 e. The highest BCUT2D eigenvalue weighted by Crippen LogP contribution is 2.28. The second-order valence-electron chi connectivity index (χ2n) is 5.60. The van der Waals surface area contributed by atoms with Crippen LogP contribution in [-0.4, -0.2) is 34.4 Å². The van der Waals surface area contributed by atoms with Crippen LogP contribution in [0.5, 0.6) is 0 Å². The van der Waals surface area contributed by atoms with Crippen molar-refractivity contribution >= 4 is 29.1 Å². The van der Waals surface area contributed by atoms with E-state index >= 15 is 0 Å². The van der Waals surface area contributed by atoms with Crippen molar-refractivity contribution < 1.29 is 9.59 Å². The van der Waals surface area contributed by atoms with Crippen molar-refractivity contribution in [2.45, 2.75) is 25.8 Å². The number of nitrogens with zero attached hydrogens (tertiary/aromatic N) is 3. The topological polar surface area (TPSA) is 75.2 Å². The molecule has 1 saturated heterocycles. The third-order valence-electron chi connectivity index (χ3n) is 3.90. The molecule has 1 aromatic carbocycles. The molecule has 0 spiro atoms. The summed E-state index contributed by atoms with van der Waals surface area (Å²) in [4.78, 5) is 34.7. The summed E-state index contributed by atoms with van der Waals surface area (Å²) < 4.78 is 0. The van der Waals surface area contributed by atoms with Gasteiger partial charge in [0.25, 0.3) is 5.91 Å². The van der Waals surface area contributed by atoms with Crippen LogP contribution in [0.25, 0.3) is 0 Å². The van der Waals surface area contributed by atoms with Gasteiger partial charge in [0.1, 0.15) is 17.6 Å². The van der Waals surface area contributed by atoms with Crippen molar-refractivity contribution in [2.75, 3.05) is 11.4 Å². The smallest absolute Gasteiger partial charge is 0.270 e. The van der Waals surface area contributed by atoms with Gasteiger partial charge < -0.3 is 10.2 Å². The number of piperidine rings is 1. The van der Waals surface area contributed by atoms with E-state index in [9.17, 15) is 9.59 Å². The fraction of sp³-hybridized carbons (Fsp3) is 0.294. The van der Waals surface area contributed by atoms with Gasteiger partial charge >= 0.3 is 0 Å². The van der Waals surface area contributed by atoms with Gasteiger partial charge in [-0.25, -0.2) is 9.97 Å². The Morgan fingerprint density at radius 2 is 2.12 bits per heavy atom. The molecular weight excluding hydrogens is 328 g/mol. The zero-order chi connectivity index (χ0) is 17.1. The molecule has 1 fully saturated rings. The first-order valence-corrected chi connectivity index (χ1v) is 8.10. The summed E-state index contributed by atoms with van der Waals surface area (Å²) >= 11 is 6.19. The van der Waals surface area contributed by atoms with Crippen LogP contribution >= 0.6 is 11.6 Å². The lowest BCUT2D eigenvalue weighted by atomic mass is 10.0. The maximum Gasteiger partial charge on any atom is 0.270 e. The predicted molar refractivity (Wildman–Crippen MR) is 91.1 cm³/mol. The van der Waals surface area contributed by atoms with Crippen molar-refractivity contribution in [2.24, 2.45) is 0 Å². The Labute approximate surface area is 144 Å². The highest BCUT2D eigenvalue weighted by atomic mass is 35.5. The van der Waals surface area contributed by atoms with Crippen LogP contribution in [0, 0.1) is 6.92 Å². The van der Waals surface area contributed by atoms with Crippen molar-refractivity contribution in [1.82, 2.24) is 15.3 Å². The fourth-order valence-corrected chi connectivity index (χ4v) is 2.97. The van der Waals surface area contributed by atoms with Gasteiger partial charge in [0.2, 0.25) is 5.91 Å². The number of hydrogen-bond donors (Lipinski definition) is 1. The van der Waals surface area contributed by atoms with Crippen LogP contribution in [0.1, 0.15) is 29.2 Å². The monoisotopic (exact) mass is 344 g/mol. The first kappa shape index (κ1) is 16.4. The van der Waals surface area contributed by atoms with Crippen molar-refractivity contribution in [3.63, 3.8) is 0 Å².